The van der Waals surface area contributed by atoms with Gasteiger partial charge in [0, 0.05) is 5.56 Å². The third kappa shape index (κ3) is 3.63. The summed E-state index contributed by atoms with van der Waals surface area (Å²) in [6.45, 7) is 2.92. The zero-order valence-corrected chi connectivity index (χ0v) is 14.5. The molecule has 1 atom stereocenters. The van der Waals surface area contributed by atoms with Gasteiger partial charge in [0.25, 0.3) is 5.91 Å². The van der Waals surface area contributed by atoms with Crippen LogP contribution in [0.4, 0.5) is 0 Å². The van der Waals surface area contributed by atoms with Crippen LogP contribution in [-0.4, -0.2) is 33.3 Å². The number of fused-ring (bicyclic) bond motifs is 1. The van der Waals surface area contributed by atoms with Crippen LogP contribution in [-0.2, 0) is 0 Å². The average Bonchev–Trinajstić information content (AvgIpc) is 2.66. The minimum atomic E-state index is -0.194. The van der Waals surface area contributed by atoms with E-state index in [-0.39, 0.29) is 11.9 Å². The van der Waals surface area contributed by atoms with Crippen LogP contribution in [0.5, 0.6) is 23.0 Å². The van der Waals surface area contributed by atoms with E-state index in [1.807, 2.05) is 25.1 Å². The molecule has 1 amide bonds. The fraction of sp³-hybridized carbons (Fsp3) is 0.316. The lowest BCUT2D eigenvalue weighted by Crippen LogP contribution is -2.27. The standard InChI is InChI=1S/C19H21NO5/c1-12(13-4-6-15(22-2)17(10-13)23-3)20-19(21)14-5-7-16-18(11-14)25-9-8-24-16/h4-7,10-12H,8-9H2,1-3H3,(H,20,21)/t12-/m1/s1. The van der Waals surface area contributed by atoms with E-state index < -0.39 is 0 Å². The number of benzene rings is 2. The van der Waals surface area contributed by atoms with Crippen molar-refractivity contribution in [3.8, 4) is 23.0 Å². The van der Waals surface area contributed by atoms with Crippen LogP contribution in [0.15, 0.2) is 36.4 Å². The highest BCUT2D eigenvalue weighted by Gasteiger charge is 2.17. The van der Waals surface area contributed by atoms with Gasteiger partial charge in [-0.1, -0.05) is 6.07 Å². The average molecular weight is 343 g/mol. The molecular weight excluding hydrogens is 322 g/mol. The molecule has 0 saturated carbocycles. The van der Waals surface area contributed by atoms with Gasteiger partial charge in [0.05, 0.1) is 20.3 Å². The molecule has 0 unspecified atom stereocenters. The highest BCUT2D eigenvalue weighted by Crippen LogP contribution is 2.32. The van der Waals surface area contributed by atoms with E-state index in [2.05, 4.69) is 5.32 Å². The summed E-state index contributed by atoms with van der Waals surface area (Å²) in [6.07, 6.45) is 0. The number of carbonyl (C=O) groups is 1. The lowest BCUT2D eigenvalue weighted by Gasteiger charge is -2.20. The van der Waals surface area contributed by atoms with Crippen LogP contribution in [0, 0.1) is 0 Å². The van der Waals surface area contributed by atoms with Crippen LogP contribution in [0.25, 0.3) is 0 Å². The van der Waals surface area contributed by atoms with Gasteiger partial charge in [-0.15, -0.1) is 0 Å². The minimum absolute atomic E-state index is 0.181. The zero-order chi connectivity index (χ0) is 17.8. The van der Waals surface area contributed by atoms with Gasteiger partial charge in [-0.3, -0.25) is 4.79 Å². The molecule has 0 fully saturated rings. The van der Waals surface area contributed by atoms with Gasteiger partial charge in [0.15, 0.2) is 23.0 Å². The second-order valence-electron chi connectivity index (χ2n) is 5.67. The molecule has 2 aromatic rings. The van der Waals surface area contributed by atoms with Gasteiger partial charge < -0.3 is 24.3 Å². The van der Waals surface area contributed by atoms with Gasteiger partial charge in [0.2, 0.25) is 0 Å². The molecule has 6 nitrogen and oxygen atoms in total. The fourth-order valence-electron chi connectivity index (χ4n) is 2.67. The van der Waals surface area contributed by atoms with Crippen molar-refractivity contribution in [1.29, 1.82) is 0 Å². The van der Waals surface area contributed by atoms with E-state index in [0.717, 1.165) is 5.56 Å². The maximum Gasteiger partial charge on any atom is 0.251 e. The van der Waals surface area contributed by atoms with Crippen LogP contribution in [0.1, 0.15) is 28.9 Å². The summed E-state index contributed by atoms with van der Waals surface area (Å²) in [4.78, 5) is 12.5. The molecule has 0 aliphatic carbocycles. The molecule has 1 aliphatic heterocycles. The van der Waals surface area contributed by atoms with Crippen molar-refractivity contribution in [3.63, 3.8) is 0 Å². The number of rotatable bonds is 5. The van der Waals surface area contributed by atoms with Crippen molar-refractivity contribution in [2.75, 3.05) is 27.4 Å². The van der Waals surface area contributed by atoms with Crippen LogP contribution < -0.4 is 24.3 Å². The molecule has 0 bridgehead atoms. The molecule has 25 heavy (non-hydrogen) atoms. The third-order valence-corrected chi connectivity index (χ3v) is 4.06. The van der Waals surface area contributed by atoms with Crippen LogP contribution in [0.3, 0.4) is 0 Å². The molecule has 132 valence electrons. The summed E-state index contributed by atoms with van der Waals surface area (Å²) < 4.78 is 21.5. The number of ether oxygens (including phenoxy) is 4. The number of methoxy groups -OCH3 is 2. The Balaban J connectivity index is 1.74. The van der Waals surface area contributed by atoms with E-state index in [4.69, 9.17) is 18.9 Å². The van der Waals surface area contributed by atoms with Crippen molar-refractivity contribution >= 4 is 5.91 Å². The zero-order valence-electron chi connectivity index (χ0n) is 14.5. The first-order valence-corrected chi connectivity index (χ1v) is 8.05. The first-order valence-electron chi connectivity index (χ1n) is 8.05. The number of hydrogen-bond acceptors (Lipinski definition) is 5. The van der Waals surface area contributed by atoms with Crippen LogP contribution in [0.2, 0.25) is 0 Å². The third-order valence-electron chi connectivity index (χ3n) is 4.06. The Morgan fingerprint density at radius 2 is 1.72 bits per heavy atom. The summed E-state index contributed by atoms with van der Waals surface area (Å²) in [5.74, 6) is 2.35. The Morgan fingerprint density at radius 1 is 1.00 bits per heavy atom. The van der Waals surface area contributed by atoms with Gasteiger partial charge in [-0.05, 0) is 42.8 Å². The smallest absolute Gasteiger partial charge is 0.251 e. The van der Waals surface area contributed by atoms with Gasteiger partial charge in [-0.2, -0.15) is 0 Å². The number of amides is 1. The first kappa shape index (κ1) is 17.0. The highest BCUT2D eigenvalue weighted by molar-refractivity contribution is 5.95. The topological polar surface area (TPSA) is 66.0 Å². The molecule has 1 aliphatic rings. The summed E-state index contributed by atoms with van der Waals surface area (Å²) in [5, 5.41) is 2.98. The van der Waals surface area contributed by atoms with E-state index in [1.165, 1.54) is 0 Å². The van der Waals surface area contributed by atoms with Gasteiger partial charge in [-0.25, -0.2) is 0 Å². The van der Waals surface area contributed by atoms with Gasteiger partial charge >= 0.3 is 0 Å². The second kappa shape index (κ2) is 7.34. The predicted molar refractivity (Wildman–Crippen MR) is 92.9 cm³/mol. The molecule has 0 radical (unpaired) electrons. The molecule has 3 rings (SSSR count). The Morgan fingerprint density at radius 3 is 2.44 bits per heavy atom. The minimum Gasteiger partial charge on any atom is -0.493 e. The fourth-order valence-corrected chi connectivity index (χ4v) is 2.67. The molecular formula is C19H21NO5. The first-order chi connectivity index (χ1) is 12.1. The highest BCUT2D eigenvalue weighted by atomic mass is 16.6. The molecule has 2 aromatic carbocycles. The van der Waals surface area contributed by atoms with E-state index >= 15 is 0 Å². The summed E-state index contributed by atoms with van der Waals surface area (Å²) in [6, 6.07) is 10.6. The van der Waals surface area contributed by atoms with Crippen molar-refractivity contribution < 1.29 is 23.7 Å². The Kier molecular flexibility index (Phi) is 4.97. The normalized spacial score (nSPS) is 13.7. The molecule has 1 N–H and O–H groups in total. The number of carbonyl (C=O) groups excluding carboxylic acids is 1. The molecule has 0 aromatic heterocycles. The lowest BCUT2D eigenvalue weighted by molar-refractivity contribution is 0.0938. The molecule has 0 spiro atoms. The lowest BCUT2D eigenvalue weighted by atomic mass is 10.1. The summed E-state index contributed by atoms with van der Waals surface area (Å²) >= 11 is 0. The Labute approximate surface area is 146 Å². The number of nitrogens with one attached hydrogen (secondary N) is 1. The van der Waals surface area contributed by atoms with Crippen molar-refractivity contribution in [2.24, 2.45) is 0 Å². The van der Waals surface area contributed by atoms with Crippen molar-refractivity contribution in [1.82, 2.24) is 5.32 Å². The largest absolute Gasteiger partial charge is 0.493 e. The molecule has 1 heterocycles. The van der Waals surface area contributed by atoms with E-state index in [1.54, 1.807) is 32.4 Å². The van der Waals surface area contributed by atoms with Crippen molar-refractivity contribution in [3.05, 3.63) is 47.5 Å². The Hall–Kier alpha value is -2.89. The molecule has 0 saturated heterocycles. The van der Waals surface area contributed by atoms with Crippen molar-refractivity contribution in [2.45, 2.75) is 13.0 Å². The quantitative estimate of drug-likeness (QED) is 0.904. The van der Waals surface area contributed by atoms with Crippen LogP contribution >= 0.6 is 0 Å². The van der Waals surface area contributed by atoms with Gasteiger partial charge in [0.1, 0.15) is 13.2 Å². The molecule has 6 heteroatoms. The summed E-state index contributed by atoms with van der Waals surface area (Å²) in [5.41, 5.74) is 1.44. The van der Waals surface area contributed by atoms with E-state index in [9.17, 15) is 4.79 Å². The SMILES string of the molecule is COc1ccc([C@@H](C)NC(=O)c2ccc3c(c2)OCCO3)cc1OC. The Bertz CT molecular complexity index is 774. The monoisotopic (exact) mass is 343 g/mol. The second-order valence-corrected chi connectivity index (χ2v) is 5.67. The maximum absolute atomic E-state index is 12.5. The predicted octanol–water partition coefficient (Wildman–Crippen LogP) is 2.97. The summed E-state index contributed by atoms with van der Waals surface area (Å²) in [7, 11) is 3.17. The van der Waals surface area contributed by atoms with E-state index in [0.29, 0.717) is 41.8 Å². The number of hydrogen-bond donors (Lipinski definition) is 1. The maximum atomic E-state index is 12.5.